The summed E-state index contributed by atoms with van der Waals surface area (Å²) in [5, 5.41) is 12.6. The molecule has 0 aliphatic heterocycles. The van der Waals surface area contributed by atoms with Crippen molar-refractivity contribution in [3.05, 3.63) is 69.8 Å². The Morgan fingerprint density at radius 1 is 1.00 bits per heavy atom. The van der Waals surface area contributed by atoms with E-state index in [0.717, 1.165) is 16.5 Å². The Balaban J connectivity index is 2.13. The maximum Gasteiger partial charge on any atom is 0.105 e. The highest BCUT2D eigenvalue weighted by atomic mass is 35.5. The Morgan fingerprint density at radius 2 is 1.74 bits per heavy atom. The van der Waals surface area contributed by atoms with Crippen molar-refractivity contribution in [3.63, 3.8) is 0 Å². The van der Waals surface area contributed by atoms with Gasteiger partial charge in [0, 0.05) is 27.1 Å². The van der Waals surface area contributed by atoms with Gasteiger partial charge < -0.3 is 10.1 Å². The molecule has 1 aromatic heterocycles. The Morgan fingerprint density at radius 3 is 2.47 bits per heavy atom. The highest BCUT2D eigenvalue weighted by molar-refractivity contribution is 6.34. The lowest BCUT2D eigenvalue weighted by atomic mass is 9.98. The highest BCUT2D eigenvalue weighted by Crippen LogP contribution is 2.31. The van der Waals surface area contributed by atoms with Gasteiger partial charge in [-0.2, -0.15) is 0 Å². The van der Waals surface area contributed by atoms with Gasteiger partial charge in [0.05, 0.1) is 0 Å². The van der Waals surface area contributed by atoms with Crippen LogP contribution >= 0.6 is 23.2 Å². The van der Waals surface area contributed by atoms with Crippen molar-refractivity contribution >= 4 is 34.1 Å². The van der Waals surface area contributed by atoms with Crippen LogP contribution in [-0.2, 0) is 0 Å². The molecule has 0 radical (unpaired) electrons. The predicted octanol–water partition coefficient (Wildman–Crippen LogP) is 4.56. The number of aromatic amines is 1. The van der Waals surface area contributed by atoms with Crippen molar-refractivity contribution < 1.29 is 5.11 Å². The number of rotatable bonds is 2. The van der Waals surface area contributed by atoms with Crippen molar-refractivity contribution in [2.45, 2.75) is 6.10 Å². The molecule has 0 amide bonds. The van der Waals surface area contributed by atoms with E-state index in [9.17, 15) is 5.11 Å². The van der Waals surface area contributed by atoms with Crippen LogP contribution in [0.1, 0.15) is 17.2 Å². The number of aliphatic hydroxyl groups is 1. The Labute approximate surface area is 120 Å². The number of hydrogen-bond donors (Lipinski definition) is 2. The molecular formula is C15H11Cl2NO. The molecule has 0 saturated heterocycles. The lowest BCUT2D eigenvalue weighted by Crippen LogP contribution is -2.00. The molecule has 2 aromatic carbocycles. The lowest BCUT2D eigenvalue weighted by molar-refractivity contribution is 0.222. The Hall–Kier alpha value is -1.48. The second kappa shape index (κ2) is 4.89. The number of nitrogens with one attached hydrogen (secondary N) is 1. The molecule has 2 nitrogen and oxygen atoms in total. The van der Waals surface area contributed by atoms with Crippen LogP contribution in [-0.4, -0.2) is 10.1 Å². The highest BCUT2D eigenvalue weighted by Gasteiger charge is 2.15. The molecule has 0 aliphatic carbocycles. The number of hydrogen-bond acceptors (Lipinski definition) is 1. The summed E-state index contributed by atoms with van der Waals surface area (Å²) in [6.45, 7) is 0. The standard InChI is InChI=1S/C15H11Cl2NO/c16-10-6-9(7-11(17)8-10)15(19)13-2-1-3-14-12(13)4-5-18-14/h1-8,15,18-19H. The second-order valence-electron chi connectivity index (χ2n) is 4.39. The van der Waals surface area contributed by atoms with E-state index in [4.69, 9.17) is 23.2 Å². The minimum Gasteiger partial charge on any atom is -0.384 e. The lowest BCUT2D eigenvalue weighted by Gasteiger charge is -2.13. The van der Waals surface area contributed by atoms with Gasteiger partial charge in [-0.15, -0.1) is 0 Å². The fourth-order valence-corrected chi connectivity index (χ4v) is 2.80. The first-order chi connectivity index (χ1) is 9.15. The topological polar surface area (TPSA) is 36.0 Å². The van der Waals surface area contributed by atoms with E-state index in [1.54, 1.807) is 18.2 Å². The molecule has 1 unspecified atom stereocenters. The number of aliphatic hydroxyl groups excluding tert-OH is 1. The first-order valence-corrected chi connectivity index (χ1v) is 6.61. The van der Waals surface area contributed by atoms with Crippen LogP contribution in [0.4, 0.5) is 0 Å². The molecule has 0 aliphatic rings. The van der Waals surface area contributed by atoms with Gasteiger partial charge in [-0.05, 0) is 41.5 Å². The van der Waals surface area contributed by atoms with Crippen LogP contribution < -0.4 is 0 Å². The van der Waals surface area contributed by atoms with Crippen molar-refractivity contribution in [2.75, 3.05) is 0 Å². The first-order valence-electron chi connectivity index (χ1n) is 5.85. The van der Waals surface area contributed by atoms with Gasteiger partial charge in [0.15, 0.2) is 0 Å². The van der Waals surface area contributed by atoms with E-state index in [2.05, 4.69) is 4.98 Å². The average molecular weight is 292 g/mol. The number of benzene rings is 2. The zero-order chi connectivity index (χ0) is 13.4. The van der Waals surface area contributed by atoms with Crippen LogP contribution in [0.2, 0.25) is 10.0 Å². The summed E-state index contributed by atoms with van der Waals surface area (Å²) < 4.78 is 0. The molecular weight excluding hydrogens is 281 g/mol. The van der Waals surface area contributed by atoms with Gasteiger partial charge in [-0.3, -0.25) is 0 Å². The smallest absolute Gasteiger partial charge is 0.105 e. The SMILES string of the molecule is OC(c1cc(Cl)cc(Cl)c1)c1cccc2[nH]ccc12. The Bertz CT molecular complexity index is 716. The van der Waals surface area contributed by atoms with E-state index in [1.165, 1.54) is 0 Å². The zero-order valence-electron chi connectivity index (χ0n) is 9.90. The van der Waals surface area contributed by atoms with Crippen LogP contribution in [0.3, 0.4) is 0 Å². The number of aromatic nitrogens is 1. The van der Waals surface area contributed by atoms with E-state index in [0.29, 0.717) is 15.6 Å². The first kappa shape index (κ1) is 12.5. The van der Waals surface area contributed by atoms with E-state index in [1.807, 2.05) is 30.5 Å². The van der Waals surface area contributed by atoms with Crippen molar-refractivity contribution in [1.82, 2.24) is 4.98 Å². The summed E-state index contributed by atoms with van der Waals surface area (Å²) in [6, 6.07) is 12.8. The van der Waals surface area contributed by atoms with Gasteiger partial charge in [-0.25, -0.2) is 0 Å². The van der Waals surface area contributed by atoms with Crippen molar-refractivity contribution in [1.29, 1.82) is 0 Å². The molecule has 0 fully saturated rings. The summed E-state index contributed by atoms with van der Waals surface area (Å²) in [6.07, 6.45) is 1.10. The minimum absolute atomic E-state index is 0.516. The van der Waals surface area contributed by atoms with Crippen LogP contribution in [0.25, 0.3) is 10.9 Å². The number of H-pyrrole nitrogens is 1. The van der Waals surface area contributed by atoms with E-state index >= 15 is 0 Å². The second-order valence-corrected chi connectivity index (χ2v) is 5.26. The molecule has 96 valence electrons. The summed E-state index contributed by atoms with van der Waals surface area (Å²) >= 11 is 12.0. The Kier molecular flexibility index (Phi) is 3.23. The third-order valence-electron chi connectivity index (χ3n) is 3.12. The van der Waals surface area contributed by atoms with Gasteiger partial charge in [0.25, 0.3) is 0 Å². The van der Waals surface area contributed by atoms with Gasteiger partial charge in [0.1, 0.15) is 6.10 Å². The fraction of sp³-hybridized carbons (Fsp3) is 0.0667. The van der Waals surface area contributed by atoms with E-state index < -0.39 is 6.10 Å². The number of fused-ring (bicyclic) bond motifs is 1. The van der Waals surface area contributed by atoms with Crippen LogP contribution in [0, 0.1) is 0 Å². The summed E-state index contributed by atoms with van der Waals surface area (Å²) in [5.74, 6) is 0. The van der Waals surface area contributed by atoms with Crippen molar-refractivity contribution in [3.8, 4) is 0 Å². The monoisotopic (exact) mass is 291 g/mol. The van der Waals surface area contributed by atoms with Gasteiger partial charge in [-0.1, -0.05) is 35.3 Å². The van der Waals surface area contributed by atoms with Gasteiger partial charge in [0.2, 0.25) is 0 Å². The molecule has 1 atom stereocenters. The normalized spacial score (nSPS) is 12.8. The molecule has 19 heavy (non-hydrogen) atoms. The maximum absolute atomic E-state index is 10.5. The molecule has 3 rings (SSSR count). The number of halogens is 2. The maximum atomic E-state index is 10.5. The van der Waals surface area contributed by atoms with Crippen molar-refractivity contribution in [2.24, 2.45) is 0 Å². The van der Waals surface area contributed by atoms with Crippen LogP contribution in [0.5, 0.6) is 0 Å². The predicted molar refractivity (Wildman–Crippen MR) is 78.8 cm³/mol. The molecule has 3 aromatic rings. The molecule has 0 saturated carbocycles. The molecule has 0 spiro atoms. The minimum atomic E-state index is -0.754. The zero-order valence-corrected chi connectivity index (χ0v) is 11.4. The third kappa shape index (κ3) is 2.35. The summed E-state index contributed by atoms with van der Waals surface area (Å²) in [4.78, 5) is 3.13. The summed E-state index contributed by atoms with van der Waals surface area (Å²) in [5.41, 5.74) is 2.51. The molecule has 0 bridgehead atoms. The quantitative estimate of drug-likeness (QED) is 0.714. The average Bonchev–Trinajstić information content (AvgIpc) is 2.84. The summed E-state index contributed by atoms with van der Waals surface area (Å²) in [7, 11) is 0. The molecule has 1 heterocycles. The largest absolute Gasteiger partial charge is 0.384 e. The molecule has 2 N–H and O–H groups in total. The fourth-order valence-electron chi connectivity index (χ4n) is 2.26. The van der Waals surface area contributed by atoms with Crippen LogP contribution in [0.15, 0.2) is 48.7 Å². The van der Waals surface area contributed by atoms with Gasteiger partial charge >= 0.3 is 0 Å². The molecule has 4 heteroatoms. The third-order valence-corrected chi connectivity index (χ3v) is 3.56. The van der Waals surface area contributed by atoms with E-state index in [-0.39, 0.29) is 0 Å².